The number of rotatable bonds is 5. The van der Waals surface area contributed by atoms with Gasteiger partial charge in [0.2, 0.25) is 5.91 Å². The van der Waals surface area contributed by atoms with Crippen LogP contribution in [0.25, 0.3) is 10.6 Å². The van der Waals surface area contributed by atoms with E-state index in [1.54, 1.807) is 22.7 Å². The van der Waals surface area contributed by atoms with E-state index in [1.165, 1.54) is 4.88 Å². The molecule has 1 aliphatic heterocycles. The smallest absolute Gasteiger partial charge is 0.225 e. The van der Waals surface area contributed by atoms with Gasteiger partial charge in [0.15, 0.2) is 5.82 Å². The largest absolute Gasteiger partial charge is 0.354 e. The SMILES string of the molecule is O=C(NCc1cccs1)[C@@H]1CCCN(c2ccc(-c3cccs3)nn2)C1. The molecule has 1 atom stereocenters. The molecule has 0 spiro atoms. The van der Waals surface area contributed by atoms with Gasteiger partial charge in [-0.15, -0.1) is 32.9 Å². The molecule has 1 amide bonds. The number of hydrogen-bond acceptors (Lipinski definition) is 6. The molecule has 0 saturated carbocycles. The summed E-state index contributed by atoms with van der Waals surface area (Å²) in [7, 11) is 0. The van der Waals surface area contributed by atoms with Crippen LogP contribution in [0.3, 0.4) is 0 Å². The van der Waals surface area contributed by atoms with Crippen molar-refractivity contribution in [3.63, 3.8) is 0 Å². The number of aromatic nitrogens is 2. The van der Waals surface area contributed by atoms with Gasteiger partial charge >= 0.3 is 0 Å². The van der Waals surface area contributed by atoms with Gasteiger partial charge in [0.05, 0.1) is 17.3 Å². The summed E-state index contributed by atoms with van der Waals surface area (Å²) in [6.45, 7) is 2.23. The lowest BCUT2D eigenvalue weighted by molar-refractivity contribution is -0.125. The number of carbonyl (C=O) groups is 1. The van der Waals surface area contributed by atoms with Crippen molar-refractivity contribution in [1.29, 1.82) is 0 Å². The molecule has 0 unspecified atom stereocenters. The Balaban J connectivity index is 1.37. The normalized spacial score (nSPS) is 17.2. The van der Waals surface area contributed by atoms with E-state index in [0.717, 1.165) is 35.8 Å². The van der Waals surface area contributed by atoms with Gasteiger partial charge in [0.25, 0.3) is 0 Å². The zero-order chi connectivity index (χ0) is 17.8. The van der Waals surface area contributed by atoms with Gasteiger partial charge in [-0.1, -0.05) is 12.1 Å². The first kappa shape index (κ1) is 17.2. The summed E-state index contributed by atoms with van der Waals surface area (Å²) in [5.41, 5.74) is 0.894. The van der Waals surface area contributed by atoms with Gasteiger partial charge in [-0.2, -0.15) is 0 Å². The molecule has 0 aromatic carbocycles. The Bertz CT molecular complexity index is 831. The van der Waals surface area contributed by atoms with Crippen LogP contribution in [0, 0.1) is 5.92 Å². The summed E-state index contributed by atoms with van der Waals surface area (Å²) in [5.74, 6) is 0.981. The molecule has 0 aliphatic carbocycles. The van der Waals surface area contributed by atoms with Gasteiger partial charge in [0, 0.05) is 18.0 Å². The number of piperidine rings is 1. The first-order chi connectivity index (χ1) is 12.8. The fourth-order valence-corrected chi connectivity index (χ4v) is 4.52. The summed E-state index contributed by atoms with van der Waals surface area (Å²) in [6, 6.07) is 12.1. The molecule has 26 heavy (non-hydrogen) atoms. The van der Waals surface area contributed by atoms with E-state index in [0.29, 0.717) is 13.1 Å². The first-order valence-corrected chi connectivity index (χ1v) is 10.5. The maximum absolute atomic E-state index is 12.5. The van der Waals surface area contributed by atoms with Crippen molar-refractivity contribution in [2.75, 3.05) is 18.0 Å². The topological polar surface area (TPSA) is 58.1 Å². The fraction of sp³-hybridized carbons (Fsp3) is 0.316. The van der Waals surface area contributed by atoms with Gasteiger partial charge in [-0.3, -0.25) is 4.79 Å². The quantitative estimate of drug-likeness (QED) is 0.727. The molecule has 1 N–H and O–H groups in total. The monoisotopic (exact) mass is 384 g/mol. The van der Waals surface area contributed by atoms with Crippen LogP contribution < -0.4 is 10.2 Å². The summed E-state index contributed by atoms with van der Waals surface area (Å²) in [4.78, 5) is 17.0. The van der Waals surface area contributed by atoms with Crippen molar-refractivity contribution < 1.29 is 4.79 Å². The predicted molar refractivity (Wildman–Crippen MR) is 106 cm³/mol. The lowest BCUT2D eigenvalue weighted by Crippen LogP contribution is -2.43. The minimum Gasteiger partial charge on any atom is -0.354 e. The Kier molecular flexibility index (Phi) is 5.26. The van der Waals surface area contributed by atoms with Gasteiger partial charge in [-0.05, 0) is 47.9 Å². The van der Waals surface area contributed by atoms with Crippen molar-refractivity contribution in [2.45, 2.75) is 19.4 Å². The highest BCUT2D eigenvalue weighted by Crippen LogP contribution is 2.25. The molecule has 1 saturated heterocycles. The van der Waals surface area contributed by atoms with Gasteiger partial charge < -0.3 is 10.2 Å². The maximum atomic E-state index is 12.5. The Morgan fingerprint density at radius 3 is 2.77 bits per heavy atom. The molecule has 0 radical (unpaired) electrons. The van der Waals surface area contributed by atoms with Crippen molar-refractivity contribution in [3.05, 3.63) is 52.0 Å². The van der Waals surface area contributed by atoms with Crippen LogP contribution in [0.5, 0.6) is 0 Å². The summed E-state index contributed by atoms with van der Waals surface area (Å²) < 4.78 is 0. The second-order valence-corrected chi connectivity index (χ2v) is 8.32. The van der Waals surface area contributed by atoms with Crippen molar-refractivity contribution in [3.8, 4) is 10.6 Å². The lowest BCUT2D eigenvalue weighted by Gasteiger charge is -2.32. The molecule has 4 rings (SSSR count). The molecule has 1 fully saturated rings. The maximum Gasteiger partial charge on any atom is 0.225 e. The van der Waals surface area contributed by atoms with Gasteiger partial charge in [-0.25, -0.2) is 0 Å². The molecule has 1 aliphatic rings. The molecule has 134 valence electrons. The Hall–Kier alpha value is -2.25. The molecule has 4 heterocycles. The Morgan fingerprint density at radius 2 is 2.04 bits per heavy atom. The summed E-state index contributed by atoms with van der Waals surface area (Å²) >= 11 is 3.32. The van der Waals surface area contributed by atoms with E-state index < -0.39 is 0 Å². The summed E-state index contributed by atoms with van der Waals surface area (Å²) in [5, 5.41) is 15.9. The second-order valence-electron chi connectivity index (χ2n) is 6.34. The number of nitrogens with one attached hydrogen (secondary N) is 1. The van der Waals surface area contributed by atoms with Crippen molar-refractivity contribution in [2.24, 2.45) is 5.92 Å². The number of thiophene rings is 2. The van der Waals surface area contributed by atoms with E-state index >= 15 is 0 Å². The van der Waals surface area contributed by atoms with E-state index in [1.807, 2.05) is 47.2 Å². The first-order valence-electron chi connectivity index (χ1n) is 8.72. The van der Waals surface area contributed by atoms with Crippen LogP contribution in [-0.4, -0.2) is 29.2 Å². The highest BCUT2D eigenvalue weighted by atomic mass is 32.1. The minimum atomic E-state index is 0.00230. The molecular formula is C19H20N4OS2. The average Bonchev–Trinajstić information content (AvgIpc) is 3.40. The molecular weight excluding hydrogens is 364 g/mol. The van der Waals surface area contributed by atoms with E-state index in [9.17, 15) is 4.79 Å². The highest BCUT2D eigenvalue weighted by molar-refractivity contribution is 7.13. The second kappa shape index (κ2) is 7.97. The van der Waals surface area contributed by atoms with E-state index in [2.05, 4.69) is 20.4 Å². The third-order valence-corrected chi connectivity index (χ3v) is 6.33. The lowest BCUT2D eigenvalue weighted by atomic mass is 9.97. The molecule has 7 heteroatoms. The van der Waals surface area contributed by atoms with Crippen LogP contribution in [0.2, 0.25) is 0 Å². The minimum absolute atomic E-state index is 0.00230. The van der Waals surface area contributed by atoms with Crippen LogP contribution in [0.15, 0.2) is 47.2 Å². The highest BCUT2D eigenvalue weighted by Gasteiger charge is 2.26. The van der Waals surface area contributed by atoms with E-state index in [4.69, 9.17) is 0 Å². The zero-order valence-corrected chi connectivity index (χ0v) is 15.9. The standard InChI is InChI=1S/C19H20N4OS2/c24-19(20-12-15-5-2-10-25-15)14-4-1-9-23(13-14)18-8-7-16(21-22-18)17-6-3-11-26-17/h2-3,5-8,10-11,14H,1,4,9,12-13H2,(H,20,24)/t14-/m1/s1. The van der Waals surface area contributed by atoms with Crippen LogP contribution in [-0.2, 0) is 11.3 Å². The van der Waals surface area contributed by atoms with Crippen LogP contribution >= 0.6 is 22.7 Å². The van der Waals surface area contributed by atoms with Gasteiger partial charge in [0.1, 0.15) is 5.69 Å². The number of nitrogens with zero attached hydrogens (tertiary/aromatic N) is 3. The number of anilines is 1. The number of amides is 1. The average molecular weight is 385 g/mol. The third-order valence-electron chi connectivity index (χ3n) is 4.56. The molecule has 5 nitrogen and oxygen atoms in total. The number of hydrogen-bond donors (Lipinski definition) is 1. The van der Waals surface area contributed by atoms with E-state index in [-0.39, 0.29) is 11.8 Å². The molecule has 0 bridgehead atoms. The fourth-order valence-electron chi connectivity index (χ4n) is 3.18. The molecule has 3 aromatic heterocycles. The summed E-state index contributed by atoms with van der Waals surface area (Å²) in [6.07, 6.45) is 1.92. The third kappa shape index (κ3) is 3.94. The number of carbonyl (C=O) groups excluding carboxylic acids is 1. The van der Waals surface area contributed by atoms with Crippen molar-refractivity contribution >= 4 is 34.4 Å². The van der Waals surface area contributed by atoms with Crippen LogP contribution in [0.1, 0.15) is 17.7 Å². The molecule has 3 aromatic rings. The predicted octanol–water partition coefficient (Wildman–Crippen LogP) is 3.80. The van der Waals surface area contributed by atoms with Crippen molar-refractivity contribution in [1.82, 2.24) is 15.5 Å². The zero-order valence-electron chi connectivity index (χ0n) is 14.3. The van der Waals surface area contributed by atoms with Crippen LogP contribution in [0.4, 0.5) is 5.82 Å². The Labute approximate surface area is 160 Å². The Morgan fingerprint density at radius 1 is 1.15 bits per heavy atom.